The van der Waals surface area contributed by atoms with Gasteiger partial charge in [0, 0.05) is 36.0 Å². The van der Waals surface area contributed by atoms with Crippen molar-refractivity contribution >= 4 is 17.3 Å². The SMILES string of the molecule is C#Cc1ncc(-c2cc(NC(=O)c3ccc(F)c(C(C)(C)F)c3)c(F)cc2C)cc1N1CCOCC1. The van der Waals surface area contributed by atoms with Crippen molar-refractivity contribution in [3.8, 4) is 23.5 Å². The standard InChI is InChI=1S/C28H26F3N3O2/c1-5-24-26(34-8-10-36-11-9-34)14-19(16-32-24)20-15-25(23(30)12-17(20)2)33-27(35)18-6-7-22(29)21(13-18)28(3,4)31/h1,6-7,12-16H,8-11H2,2-4H3,(H,33,35). The largest absolute Gasteiger partial charge is 0.378 e. The van der Waals surface area contributed by atoms with Crippen LogP contribution in [0.15, 0.2) is 42.6 Å². The number of ether oxygens (including phenoxy) is 1. The number of morpholine rings is 1. The molecule has 2 heterocycles. The van der Waals surface area contributed by atoms with Crippen molar-refractivity contribution < 1.29 is 22.7 Å². The molecule has 0 spiro atoms. The lowest BCUT2D eigenvalue weighted by molar-refractivity contribution is 0.102. The fraction of sp³-hybridized carbons (Fsp3) is 0.286. The van der Waals surface area contributed by atoms with Gasteiger partial charge in [-0.2, -0.15) is 0 Å². The van der Waals surface area contributed by atoms with E-state index < -0.39 is 23.2 Å². The summed E-state index contributed by atoms with van der Waals surface area (Å²) in [5, 5.41) is 2.52. The van der Waals surface area contributed by atoms with Crippen LogP contribution in [0.4, 0.5) is 24.5 Å². The van der Waals surface area contributed by atoms with Crippen molar-refractivity contribution in [3.05, 3.63) is 76.6 Å². The lowest BCUT2D eigenvalue weighted by Crippen LogP contribution is -2.36. The molecule has 8 heteroatoms. The van der Waals surface area contributed by atoms with Gasteiger partial charge in [-0.05, 0) is 74.2 Å². The second-order valence-electron chi connectivity index (χ2n) is 9.10. The molecule has 1 amide bonds. The highest BCUT2D eigenvalue weighted by atomic mass is 19.1. The van der Waals surface area contributed by atoms with Gasteiger partial charge in [-0.15, -0.1) is 6.42 Å². The number of halogens is 3. The van der Waals surface area contributed by atoms with E-state index in [9.17, 15) is 18.0 Å². The maximum absolute atomic E-state index is 14.8. The Balaban J connectivity index is 1.68. The number of hydrogen-bond acceptors (Lipinski definition) is 4. The van der Waals surface area contributed by atoms with Gasteiger partial charge in [-0.3, -0.25) is 4.79 Å². The summed E-state index contributed by atoms with van der Waals surface area (Å²) >= 11 is 0. The molecular formula is C28H26F3N3O2. The number of nitrogens with zero attached hydrogens (tertiary/aromatic N) is 2. The van der Waals surface area contributed by atoms with Crippen molar-refractivity contribution in [1.29, 1.82) is 0 Å². The van der Waals surface area contributed by atoms with Crippen LogP contribution in [-0.2, 0) is 10.4 Å². The summed E-state index contributed by atoms with van der Waals surface area (Å²) in [5.74, 6) is 0.514. The fourth-order valence-electron chi connectivity index (χ4n) is 4.15. The van der Waals surface area contributed by atoms with E-state index in [2.05, 4.69) is 21.1 Å². The number of aromatic nitrogens is 1. The number of nitrogens with one attached hydrogen (secondary N) is 1. The molecule has 3 aromatic rings. The highest BCUT2D eigenvalue weighted by Crippen LogP contribution is 2.33. The predicted octanol–water partition coefficient (Wildman–Crippen LogP) is 5.61. The van der Waals surface area contributed by atoms with Gasteiger partial charge in [-0.25, -0.2) is 18.2 Å². The van der Waals surface area contributed by atoms with E-state index in [1.54, 1.807) is 13.1 Å². The summed E-state index contributed by atoms with van der Waals surface area (Å²) < 4.78 is 48.7. The summed E-state index contributed by atoms with van der Waals surface area (Å²) in [7, 11) is 0. The van der Waals surface area contributed by atoms with E-state index in [0.29, 0.717) is 48.7 Å². The molecule has 1 aromatic heterocycles. The summed E-state index contributed by atoms with van der Waals surface area (Å²) in [6, 6.07) is 8.11. The lowest BCUT2D eigenvalue weighted by Gasteiger charge is -2.29. The summed E-state index contributed by atoms with van der Waals surface area (Å²) in [6.07, 6.45) is 7.27. The molecule has 1 N–H and O–H groups in total. The zero-order valence-electron chi connectivity index (χ0n) is 20.3. The Morgan fingerprint density at radius 2 is 1.86 bits per heavy atom. The summed E-state index contributed by atoms with van der Waals surface area (Å²) in [5.41, 5.74) is 0.963. The molecule has 36 heavy (non-hydrogen) atoms. The number of alkyl halides is 1. The van der Waals surface area contributed by atoms with Crippen LogP contribution in [0, 0.1) is 30.9 Å². The lowest BCUT2D eigenvalue weighted by atomic mass is 9.97. The first-order valence-corrected chi connectivity index (χ1v) is 11.5. The van der Waals surface area contributed by atoms with Crippen molar-refractivity contribution in [2.75, 3.05) is 36.5 Å². The van der Waals surface area contributed by atoms with Crippen LogP contribution in [0.5, 0.6) is 0 Å². The van der Waals surface area contributed by atoms with Crippen LogP contribution in [0.25, 0.3) is 11.1 Å². The number of terminal acetylenes is 1. The molecule has 186 valence electrons. The Kier molecular flexibility index (Phi) is 7.04. The van der Waals surface area contributed by atoms with Gasteiger partial charge >= 0.3 is 0 Å². The fourth-order valence-corrected chi connectivity index (χ4v) is 4.15. The average Bonchev–Trinajstić information content (AvgIpc) is 2.85. The first-order valence-electron chi connectivity index (χ1n) is 11.5. The monoisotopic (exact) mass is 493 g/mol. The van der Waals surface area contributed by atoms with E-state index in [4.69, 9.17) is 11.2 Å². The first kappa shape index (κ1) is 25.3. The third-order valence-corrected chi connectivity index (χ3v) is 6.10. The Hall–Kier alpha value is -3.83. The molecular weight excluding hydrogens is 467 g/mol. The minimum absolute atomic E-state index is 0.00768. The van der Waals surface area contributed by atoms with Crippen LogP contribution in [0.1, 0.15) is 41.0 Å². The van der Waals surface area contributed by atoms with Gasteiger partial charge in [0.05, 0.1) is 24.6 Å². The number of aryl methyl sites for hydroxylation is 1. The highest BCUT2D eigenvalue weighted by molar-refractivity contribution is 6.04. The molecule has 0 unspecified atom stereocenters. The first-order chi connectivity index (χ1) is 17.1. The molecule has 0 saturated carbocycles. The van der Waals surface area contributed by atoms with E-state index in [0.717, 1.165) is 17.8 Å². The van der Waals surface area contributed by atoms with Crippen LogP contribution in [0.3, 0.4) is 0 Å². The maximum atomic E-state index is 14.8. The van der Waals surface area contributed by atoms with E-state index >= 15 is 0 Å². The van der Waals surface area contributed by atoms with Crippen molar-refractivity contribution in [3.63, 3.8) is 0 Å². The minimum Gasteiger partial charge on any atom is -0.378 e. The molecule has 0 bridgehead atoms. The maximum Gasteiger partial charge on any atom is 0.255 e. The molecule has 0 aliphatic carbocycles. The Bertz CT molecular complexity index is 1350. The van der Waals surface area contributed by atoms with Gasteiger partial charge in [0.2, 0.25) is 0 Å². The number of carbonyl (C=O) groups is 1. The molecule has 1 fully saturated rings. The van der Waals surface area contributed by atoms with Crippen molar-refractivity contribution in [2.45, 2.75) is 26.4 Å². The molecule has 0 radical (unpaired) electrons. The van der Waals surface area contributed by atoms with Gasteiger partial charge in [0.1, 0.15) is 23.0 Å². The third-order valence-electron chi connectivity index (χ3n) is 6.10. The van der Waals surface area contributed by atoms with Gasteiger partial charge < -0.3 is 15.0 Å². The molecule has 1 aliphatic heterocycles. The van der Waals surface area contributed by atoms with Crippen LogP contribution in [0.2, 0.25) is 0 Å². The van der Waals surface area contributed by atoms with Crippen LogP contribution in [-0.4, -0.2) is 37.2 Å². The van der Waals surface area contributed by atoms with Crippen LogP contribution >= 0.6 is 0 Å². The zero-order chi connectivity index (χ0) is 26.0. The second kappa shape index (κ2) is 10.0. The number of hydrogen-bond donors (Lipinski definition) is 1. The quantitative estimate of drug-likeness (QED) is 0.470. The normalized spacial score (nSPS) is 13.9. The third kappa shape index (κ3) is 5.21. The smallest absolute Gasteiger partial charge is 0.255 e. The second-order valence-corrected chi connectivity index (χ2v) is 9.10. The van der Waals surface area contributed by atoms with Gasteiger partial charge in [0.25, 0.3) is 5.91 Å². The predicted molar refractivity (Wildman–Crippen MR) is 134 cm³/mol. The van der Waals surface area contributed by atoms with E-state index in [1.807, 2.05) is 6.07 Å². The molecule has 2 aromatic carbocycles. The molecule has 5 nitrogen and oxygen atoms in total. The number of amides is 1. The summed E-state index contributed by atoms with van der Waals surface area (Å²) in [4.78, 5) is 19.4. The van der Waals surface area contributed by atoms with Crippen molar-refractivity contribution in [2.24, 2.45) is 0 Å². The Morgan fingerprint density at radius 1 is 1.14 bits per heavy atom. The molecule has 4 rings (SSSR count). The Labute approximate surface area is 208 Å². The molecule has 1 saturated heterocycles. The van der Waals surface area contributed by atoms with E-state index in [-0.39, 0.29) is 16.8 Å². The highest BCUT2D eigenvalue weighted by Gasteiger charge is 2.25. The number of rotatable bonds is 5. The molecule has 0 atom stereocenters. The van der Waals surface area contributed by atoms with Gasteiger partial charge in [-0.1, -0.05) is 0 Å². The van der Waals surface area contributed by atoms with Crippen molar-refractivity contribution in [1.82, 2.24) is 4.98 Å². The number of pyridine rings is 1. The zero-order valence-corrected chi connectivity index (χ0v) is 20.3. The summed E-state index contributed by atoms with van der Waals surface area (Å²) in [6.45, 7) is 6.63. The average molecular weight is 494 g/mol. The number of carbonyl (C=O) groups excluding carboxylic acids is 1. The number of anilines is 2. The number of benzene rings is 2. The minimum atomic E-state index is -1.99. The Morgan fingerprint density at radius 3 is 2.53 bits per heavy atom. The van der Waals surface area contributed by atoms with Crippen LogP contribution < -0.4 is 10.2 Å². The van der Waals surface area contributed by atoms with E-state index in [1.165, 1.54) is 32.0 Å². The molecule has 1 aliphatic rings. The topological polar surface area (TPSA) is 54.5 Å². The van der Waals surface area contributed by atoms with Gasteiger partial charge in [0.15, 0.2) is 0 Å².